The molecule has 22 heteroatoms. The van der Waals surface area contributed by atoms with E-state index in [2.05, 4.69) is 9.97 Å². The van der Waals surface area contributed by atoms with Crippen LogP contribution in [-0.2, 0) is 9.47 Å². The first-order valence-corrected chi connectivity index (χ1v) is 14.0. The molecule has 2 aromatic heterocycles. The number of hydrogen-bond donors (Lipinski definition) is 6. The molecule has 8 N–H and O–H groups in total. The van der Waals surface area contributed by atoms with Crippen molar-refractivity contribution in [2.24, 2.45) is 11.5 Å². The second-order valence-electron chi connectivity index (χ2n) is 10.9. The summed E-state index contributed by atoms with van der Waals surface area (Å²) < 4.78 is 95.0. The van der Waals surface area contributed by atoms with Crippen molar-refractivity contribution < 1.29 is 65.8 Å². The molecule has 0 unspecified atom stereocenters. The number of alkyl halides is 4. The number of amides is 2. The van der Waals surface area contributed by atoms with Gasteiger partial charge in [-0.15, -0.1) is 0 Å². The van der Waals surface area contributed by atoms with Crippen molar-refractivity contribution in [3.05, 3.63) is 80.1 Å². The first-order valence-electron chi connectivity index (χ1n) is 14.0. The molecule has 2 saturated heterocycles. The lowest BCUT2D eigenvalue weighted by molar-refractivity contribution is -0.139. The van der Waals surface area contributed by atoms with E-state index in [9.17, 15) is 55.7 Å². The monoisotopic (exact) mass is 718 g/mol. The van der Waals surface area contributed by atoms with Crippen LogP contribution in [0.3, 0.4) is 0 Å². The number of halogens is 6. The van der Waals surface area contributed by atoms with Crippen molar-refractivity contribution in [2.75, 3.05) is 13.2 Å². The zero-order valence-electron chi connectivity index (χ0n) is 24.8. The minimum absolute atomic E-state index is 0.156. The Balaban J connectivity index is 0.000000194. The number of aromatic nitrogens is 4. The Kier molecular flexibility index (Phi) is 9.46. The van der Waals surface area contributed by atoms with Gasteiger partial charge in [-0.2, -0.15) is 17.6 Å². The number of aliphatic hydroxyl groups is 4. The maximum absolute atomic E-state index is 14.4. The predicted molar refractivity (Wildman–Crippen MR) is 153 cm³/mol. The zero-order valence-corrected chi connectivity index (χ0v) is 24.8. The number of nitrogens with two attached hydrogens (primary N) is 2. The van der Waals surface area contributed by atoms with E-state index in [1.165, 1.54) is 0 Å². The molecule has 0 saturated carbocycles. The molecule has 0 radical (unpaired) electrons. The summed E-state index contributed by atoms with van der Waals surface area (Å²) in [4.78, 5) is 54.9. The van der Waals surface area contributed by atoms with Crippen molar-refractivity contribution in [3.63, 3.8) is 0 Å². The number of rotatable bonds is 6. The fraction of sp³-hybridized carbons (Fsp3) is 0.357. The molecule has 0 bridgehead atoms. The Morgan fingerprint density at radius 3 is 1.58 bits per heavy atom. The van der Waals surface area contributed by atoms with Crippen LogP contribution in [0.2, 0.25) is 0 Å². The molecule has 0 aliphatic carbocycles. The smallest absolute Gasteiger partial charge is 0.320 e. The topological polar surface area (TPSA) is 255 Å². The average molecular weight is 719 g/mol. The number of primary amides is 2. The van der Waals surface area contributed by atoms with E-state index in [4.69, 9.17) is 31.2 Å². The lowest BCUT2D eigenvalue weighted by Crippen LogP contribution is -2.43. The second-order valence-corrected chi connectivity index (χ2v) is 10.9. The van der Waals surface area contributed by atoms with E-state index in [-0.39, 0.29) is 22.1 Å². The number of ether oxygens (including phenoxy) is 2. The van der Waals surface area contributed by atoms with E-state index in [0.717, 1.165) is 36.4 Å². The van der Waals surface area contributed by atoms with Gasteiger partial charge in [-0.3, -0.25) is 28.3 Å². The van der Waals surface area contributed by atoms with Gasteiger partial charge in [-0.25, -0.2) is 18.7 Å². The van der Waals surface area contributed by atoms with Crippen molar-refractivity contribution >= 4 is 33.9 Å². The van der Waals surface area contributed by atoms with Gasteiger partial charge in [0.1, 0.15) is 23.8 Å². The Bertz CT molecular complexity index is 2130. The molecule has 2 aliphatic heterocycles. The second kappa shape index (κ2) is 13.0. The van der Waals surface area contributed by atoms with Gasteiger partial charge in [0.25, 0.3) is 22.9 Å². The Morgan fingerprint density at radius 2 is 1.14 bits per heavy atom. The summed E-state index contributed by atoms with van der Waals surface area (Å²) in [6, 6.07) is 5.50. The van der Waals surface area contributed by atoms with Gasteiger partial charge < -0.3 is 41.4 Å². The zero-order chi connectivity index (χ0) is 37.0. The largest absolute Gasteiger partial charge is 0.394 e. The van der Waals surface area contributed by atoms with Gasteiger partial charge in [0.05, 0.1) is 35.3 Å². The van der Waals surface area contributed by atoms with Crippen molar-refractivity contribution in [1.82, 2.24) is 19.1 Å². The minimum Gasteiger partial charge on any atom is -0.394 e. The third kappa shape index (κ3) is 5.94. The third-order valence-corrected chi connectivity index (χ3v) is 7.76. The Hall–Kier alpha value is -5.00. The van der Waals surface area contributed by atoms with Crippen molar-refractivity contribution in [2.45, 2.75) is 48.7 Å². The third-order valence-electron chi connectivity index (χ3n) is 7.76. The van der Waals surface area contributed by atoms with E-state index in [1.807, 2.05) is 0 Å². The highest BCUT2D eigenvalue weighted by Gasteiger charge is 2.61. The molecule has 0 spiro atoms. The molecule has 2 amide bonds. The lowest BCUT2D eigenvalue weighted by atomic mass is 10.1. The van der Waals surface area contributed by atoms with Gasteiger partial charge >= 0.3 is 11.8 Å². The molecule has 16 nitrogen and oxygen atoms in total. The standard InChI is InChI=1S/2C14H12F3N3O5/c15-5-1-2-7-6(3-5)19-9(11(18)23)12(24)20(7)13-14(16,17)10(22)8(4-21)25-13;15-5-1-2-6-7(3-5)20(12(24)9(19-6)11(18)23)13-14(16,17)10(22)8(4-21)25-13/h2*1-3,8,10,13,21-22H,4H2,(H2,18,23)/t2*8-,10-,13-/m11/s1. The number of fused-ring (bicyclic) bond motifs is 2. The van der Waals surface area contributed by atoms with Gasteiger partial charge in [-0.1, -0.05) is 0 Å². The first-order chi connectivity index (χ1) is 23.4. The highest BCUT2D eigenvalue weighted by atomic mass is 19.3. The molecule has 268 valence electrons. The SMILES string of the molecule is NC(=O)c1nc2cc(F)ccc2n([C@@H]2O[C@H](CO)[C@@H](O)C2(F)F)c1=O.NC(=O)c1nc2ccc(F)cc2n([C@@H]2O[C@H](CO)[C@@H](O)C2(F)F)c1=O. The molecule has 50 heavy (non-hydrogen) atoms. The molecule has 4 heterocycles. The fourth-order valence-electron chi connectivity index (χ4n) is 5.35. The Labute approximate surface area is 272 Å². The van der Waals surface area contributed by atoms with Crippen LogP contribution in [0.15, 0.2) is 46.0 Å². The maximum atomic E-state index is 14.4. The molecule has 4 aromatic rings. The van der Waals surface area contributed by atoms with E-state index in [1.54, 1.807) is 0 Å². The van der Waals surface area contributed by atoms with Crippen LogP contribution in [0.5, 0.6) is 0 Å². The number of carbonyl (C=O) groups excluding carboxylic acids is 2. The number of hydrogen-bond acceptors (Lipinski definition) is 12. The van der Waals surface area contributed by atoms with Gasteiger partial charge in [0.2, 0.25) is 12.5 Å². The number of benzene rings is 2. The van der Waals surface area contributed by atoms with Crippen LogP contribution in [0.25, 0.3) is 22.1 Å². The first kappa shape index (κ1) is 36.3. The molecule has 6 atom stereocenters. The van der Waals surface area contributed by atoms with Crippen LogP contribution in [0, 0.1) is 11.6 Å². The van der Waals surface area contributed by atoms with Crippen LogP contribution in [-0.4, -0.2) is 101 Å². The van der Waals surface area contributed by atoms with Crippen molar-refractivity contribution in [3.8, 4) is 0 Å². The minimum atomic E-state index is -4.01. The van der Waals surface area contributed by atoms with Gasteiger partial charge in [0.15, 0.2) is 23.6 Å². The highest BCUT2D eigenvalue weighted by molar-refractivity contribution is 5.93. The quantitative estimate of drug-likeness (QED) is 0.132. The molecular formula is C28H24F6N6O10. The van der Waals surface area contributed by atoms with Gasteiger partial charge in [0, 0.05) is 6.07 Å². The van der Waals surface area contributed by atoms with E-state index < -0.39 is 108 Å². The summed E-state index contributed by atoms with van der Waals surface area (Å²) in [6.07, 6.45) is -12.9. The Morgan fingerprint density at radius 1 is 0.720 bits per heavy atom. The van der Waals surface area contributed by atoms with Crippen molar-refractivity contribution in [1.29, 1.82) is 0 Å². The highest BCUT2D eigenvalue weighted by Crippen LogP contribution is 2.44. The number of nitrogens with zero attached hydrogens (tertiary/aromatic N) is 4. The normalized spacial score (nSPS) is 25.4. The average Bonchev–Trinajstić information content (AvgIpc) is 3.42. The summed E-state index contributed by atoms with van der Waals surface area (Å²) in [5, 5.41) is 37.3. The molecule has 2 fully saturated rings. The van der Waals surface area contributed by atoms with Crippen LogP contribution in [0.4, 0.5) is 26.3 Å². The van der Waals surface area contributed by atoms with Crippen LogP contribution in [0.1, 0.15) is 33.4 Å². The molecule has 6 rings (SSSR count). The van der Waals surface area contributed by atoms with Gasteiger partial charge in [-0.05, 0) is 30.3 Å². The molecule has 2 aromatic carbocycles. The van der Waals surface area contributed by atoms with E-state index >= 15 is 0 Å². The molecular weight excluding hydrogens is 694 g/mol. The number of carbonyl (C=O) groups is 2. The van der Waals surface area contributed by atoms with E-state index in [0.29, 0.717) is 9.13 Å². The predicted octanol–water partition coefficient (Wildman–Crippen LogP) is -0.959. The maximum Gasteiger partial charge on any atom is 0.320 e. The summed E-state index contributed by atoms with van der Waals surface area (Å²) >= 11 is 0. The lowest BCUT2D eigenvalue weighted by Gasteiger charge is -2.23. The summed E-state index contributed by atoms with van der Waals surface area (Å²) in [5.74, 6) is -12.2. The fourth-order valence-corrected chi connectivity index (χ4v) is 5.35. The number of aliphatic hydroxyl groups excluding tert-OH is 4. The van der Waals surface area contributed by atoms with Crippen LogP contribution >= 0.6 is 0 Å². The van der Waals surface area contributed by atoms with Crippen LogP contribution < -0.4 is 22.6 Å². The summed E-state index contributed by atoms with van der Waals surface area (Å²) in [6.45, 7) is -1.87. The summed E-state index contributed by atoms with van der Waals surface area (Å²) in [5.41, 5.74) is 4.64. The summed E-state index contributed by atoms with van der Waals surface area (Å²) in [7, 11) is 0. The molecule has 2 aliphatic rings.